The summed E-state index contributed by atoms with van der Waals surface area (Å²) in [4.78, 5) is 24.6. The van der Waals surface area contributed by atoms with E-state index < -0.39 is 11.9 Å². The molecule has 0 aromatic heterocycles. The van der Waals surface area contributed by atoms with Crippen molar-refractivity contribution in [2.45, 2.75) is 25.4 Å². The maximum Gasteiger partial charge on any atom is 0.307 e. The van der Waals surface area contributed by atoms with E-state index in [1.54, 1.807) is 12.0 Å². The van der Waals surface area contributed by atoms with Gasteiger partial charge in [0.2, 0.25) is 5.91 Å². The van der Waals surface area contributed by atoms with E-state index in [0.29, 0.717) is 32.7 Å². The zero-order valence-electron chi connectivity index (χ0n) is 11.2. The summed E-state index contributed by atoms with van der Waals surface area (Å²) in [6.45, 7) is 2.50. The lowest BCUT2D eigenvalue weighted by molar-refractivity contribution is -0.142. The molecule has 1 amide bonds. The van der Waals surface area contributed by atoms with E-state index in [4.69, 9.17) is 14.6 Å². The lowest BCUT2D eigenvalue weighted by Crippen LogP contribution is -2.42. The molecule has 0 radical (unpaired) electrons. The molecular weight excluding hydrogens is 250 g/mol. The van der Waals surface area contributed by atoms with Crippen molar-refractivity contribution in [3.8, 4) is 0 Å². The van der Waals surface area contributed by atoms with Gasteiger partial charge in [0.15, 0.2) is 0 Å². The third kappa shape index (κ3) is 3.67. The van der Waals surface area contributed by atoms with Crippen molar-refractivity contribution in [2.24, 2.45) is 11.8 Å². The molecule has 1 saturated carbocycles. The number of carboxylic acids is 1. The van der Waals surface area contributed by atoms with Crippen LogP contribution in [0.5, 0.6) is 0 Å². The first kappa shape index (κ1) is 14.3. The minimum Gasteiger partial charge on any atom is -0.481 e. The maximum atomic E-state index is 12.0. The fourth-order valence-electron chi connectivity index (χ4n) is 2.52. The predicted octanol–water partition coefficient (Wildman–Crippen LogP) is 0.361. The van der Waals surface area contributed by atoms with Crippen molar-refractivity contribution >= 4 is 11.9 Å². The number of amides is 1. The molecule has 0 spiro atoms. The van der Waals surface area contributed by atoms with E-state index in [1.165, 1.54) is 0 Å². The third-order valence-corrected chi connectivity index (χ3v) is 3.82. The molecule has 2 fully saturated rings. The van der Waals surface area contributed by atoms with E-state index in [-0.39, 0.29) is 17.9 Å². The molecule has 19 heavy (non-hydrogen) atoms. The lowest BCUT2D eigenvalue weighted by Gasteiger charge is -2.32. The number of carbonyl (C=O) groups is 2. The fraction of sp³-hybridized carbons (Fsp3) is 0.846. The van der Waals surface area contributed by atoms with Gasteiger partial charge in [-0.15, -0.1) is 0 Å². The molecule has 2 aliphatic rings. The molecule has 2 rings (SSSR count). The van der Waals surface area contributed by atoms with Gasteiger partial charge in [-0.3, -0.25) is 9.59 Å². The second kappa shape index (κ2) is 6.34. The minimum absolute atomic E-state index is 0.00254. The monoisotopic (exact) mass is 271 g/mol. The number of carbonyl (C=O) groups excluding carboxylic acids is 1. The van der Waals surface area contributed by atoms with Gasteiger partial charge in [-0.2, -0.15) is 0 Å². The van der Waals surface area contributed by atoms with Crippen molar-refractivity contribution in [1.82, 2.24) is 4.90 Å². The van der Waals surface area contributed by atoms with Crippen LogP contribution in [0.2, 0.25) is 0 Å². The summed E-state index contributed by atoms with van der Waals surface area (Å²) in [7, 11) is 1.64. The van der Waals surface area contributed by atoms with Crippen molar-refractivity contribution in [3.05, 3.63) is 0 Å². The molecule has 0 bridgehead atoms. The summed E-state index contributed by atoms with van der Waals surface area (Å²) in [5.41, 5.74) is 0. The van der Waals surface area contributed by atoms with E-state index in [2.05, 4.69) is 0 Å². The number of carboxylic acid groups (broad SMARTS) is 1. The molecule has 2 atom stereocenters. The minimum atomic E-state index is -0.851. The van der Waals surface area contributed by atoms with Crippen molar-refractivity contribution in [2.75, 3.05) is 33.4 Å². The number of hydrogen-bond donors (Lipinski definition) is 1. The molecule has 108 valence electrons. The van der Waals surface area contributed by atoms with Crippen LogP contribution < -0.4 is 0 Å². The van der Waals surface area contributed by atoms with E-state index >= 15 is 0 Å². The predicted molar refractivity (Wildman–Crippen MR) is 66.7 cm³/mol. The van der Waals surface area contributed by atoms with Crippen LogP contribution in [0.15, 0.2) is 0 Å². The Bertz CT molecular complexity index is 338. The van der Waals surface area contributed by atoms with Gasteiger partial charge in [-0.05, 0) is 19.3 Å². The highest BCUT2D eigenvalue weighted by molar-refractivity contribution is 5.89. The number of likely N-dealkylation sites (tertiary alicyclic amines) is 1. The standard InChI is InChI=1S/C13H21NO5/c1-18-6-7-19-9-2-4-14(5-3-9)12(15)10-8-11(10)13(16)17/h9-11H,2-8H2,1H3,(H,16,17). The summed E-state index contributed by atoms with van der Waals surface area (Å²) in [5, 5.41) is 8.83. The molecule has 1 saturated heterocycles. The molecule has 2 unspecified atom stereocenters. The molecule has 0 aromatic rings. The molecule has 1 aliphatic heterocycles. The zero-order valence-corrected chi connectivity index (χ0v) is 11.2. The summed E-state index contributed by atoms with van der Waals surface area (Å²) in [6, 6.07) is 0. The number of nitrogens with zero attached hydrogens (tertiary/aromatic N) is 1. The Hall–Kier alpha value is -1.14. The van der Waals surface area contributed by atoms with Gasteiger partial charge in [-0.1, -0.05) is 0 Å². The summed E-state index contributed by atoms with van der Waals surface area (Å²) in [6.07, 6.45) is 2.33. The molecule has 6 nitrogen and oxygen atoms in total. The summed E-state index contributed by atoms with van der Waals surface area (Å²) < 4.78 is 10.6. The number of methoxy groups -OCH3 is 1. The van der Waals surface area contributed by atoms with Gasteiger partial charge in [0.25, 0.3) is 0 Å². The molecular formula is C13H21NO5. The van der Waals surface area contributed by atoms with Crippen LogP contribution in [-0.4, -0.2) is 61.4 Å². The summed E-state index contributed by atoms with van der Waals surface area (Å²) in [5.74, 6) is -1.59. The second-order valence-electron chi connectivity index (χ2n) is 5.18. The van der Waals surface area contributed by atoms with Gasteiger partial charge in [0.05, 0.1) is 31.2 Å². The highest BCUT2D eigenvalue weighted by Crippen LogP contribution is 2.40. The Morgan fingerprint density at radius 1 is 1.21 bits per heavy atom. The highest BCUT2D eigenvalue weighted by Gasteiger charge is 2.50. The first-order chi connectivity index (χ1) is 9.13. The van der Waals surface area contributed by atoms with Gasteiger partial charge in [0, 0.05) is 20.2 Å². The smallest absolute Gasteiger partial charge is 0.307 e. The van der Waals surface area contributed by atoms with Crippen LogP contribution >= 0.6 is 0 Å². The number of piperidine rings is 1. The Balaban J connectivity index is 1.69. The van der Waals surface area contributed by atoms with E-state index in [9.17, 15) is 9.59 Å². The molecule has 1 N–H and O–H groups in total. The molecule has 1 aliphatic carbocycles. The van der Waals surface area contributed by atoms with Crippen LogP contribution in [0.4, 0.5) is 0 Å². The first-order valence-corrected chi connectivity index (χ1v) is 6.75. The third-order valence-electron chi connectivity index (χ3n) is 3.82. The van der Waals surface area contributed by atoms with Crippen molar-refractivity contribution < 1.29 is 24.2 Å². The van der Waals surface area contributed by atoms with Crippen molar-refractivity contribution in [3.63, 3.8) is 0 Å². The Labute approximate surface area is 112 Å². The SMILES string of the molecule is COCCOC1CCN(C(=O)C2CC2C(=O)O)CC1. The average Bonchev–Trinajstić information content (AvgIpc) is 3.19. The highest BCUT2D eigenvalue weighted by atomic mass is 16.5. The topological polar surface area (TPSA) is 76.1 Å². The first-order valence-electron chi connectivity index (χ1n) is 6.75. The number of ether oxygens (including phenoxy) is 2. The molecule has 0 aromatic carbocycles. The van der Waals surface area contributed by atoms with Crippen LogP contribution in [0.25, 0.3) is 0 Å². The Morgan fingerprint density at radius 3 is 2.42 bits per heavy atom. The van der Waals surface area contributed by atoms with E-state index in [0.717, 1.165) is 12.8 Å². The van der Waals surface area contributed by atoms with E-state index in [1.807, 2.05) is 0 Å². The molecule has 6 heteroatoms. The largest absolute Gasteiger partial charge is 0.481 e. The van der Waals surface area contributed by atoms with Crippen LogP contribution in [0.1, 0.15) is 19.3 Å². The number of rotatable bonds is 6. The normalized spacial score (nSPS) is 27.3. The van der Waals surface area contributed by atoms with Gasteiger partial charge in [0.1, 0.15) is 0 Å². The quantitative estimate of drug-likeness (QED) is 0.706. The van der Waals surface area contributed by atoms with Crippen LogP contribution in [0.3, 0.4) is 0 Å². The second-order valence-corrected chi connectivity index (χ2v) is 5.18. The summed E-state index contributed by atoms with van der Waals surface area (Å²) >= 11 is 0. The Kier molecular flexibility index (Phi) is 4.76. The van der Waals surface area contributed by atoms with Crippen LogP contribution in [-0.2, 0) is 19.1 Å². The van der Waals surface area contributed by atoms with Gasteiger partial charge < -0.3 is 19.5 Å². The fourth-order valence-corrected chi connectivity index (χ4v) is 2.52. The van der Waals surface area contributed by atoms with Crippen LogP contribution in [0, 0.1) is 11.8 Å². The molecule has 1 heterocycles. The number of aliphatic carboxylic acids is 1. The van der Waals surface area contributed by atoms with Gasteiger partial charge >= 0.3 is 5.97 Å². The zero-order chi connectivity index (χ0) is 13.8. The van der Waals surface area contributed by atoms with Gasteiger partial charge in [-0.25, -0.2) is 0 Å². The average molecular weight is 271 g/mol. The number of hydrogen-bond acceptors (Lipinski definition) is 4. The lowest BCUT2D eigenvalue weighted by atomic mass is 10.1. The van der Waals surface area contributed by atoms with Crippen molar-refractivity contribution in [1.29, 1.82) is 0 Å². The maximum absolute atomic E-state index is 12.0. The Morgan fingerprint density at radius 2 is 1.89 bits per heavy atom.